The van der Waals surface area contributed by atoms with Crippen molar-refractivity contribution in [2.75, 3.05) is 0 Å². The molecule has 0 aliphatic heterocycles. The molecule has 2 nitrogen and oxygen atoms in total. The third-order valence-electron chi connectivity index (χ3n) is 1.91. The van der Waals surface area contributed by atoms with Crippen LogP contribution in [-0.4, -0.2) is 11.1 Å². The predicted molar refractivity (Wildman–Crippen MR) is 52.3 cm³/mol. The standard InChI is InChI=1S/C11H10F2O2/c1-6(2)10(11(14)15)8-4-3-7(12)5-9(8)13/h3-5H,1-2H3,(H,14,15). The average Bonchev–Trinajstić information content (AvgIpc) is 2.08. The van der Waals surface area contributed by atoms with Crippen LogP contribution in [0.4, 0.5) is 8.78 Å². The molecule has 0 fully saturated rings. The minimum absolute atomic E-state index is 0.0936. The first-order valence-corrected chi connectivity index (χ1v) is 4.29. The van der Waals surface area contributed by atoms with Gasteiger partial charge in [-0.1, -0.05) is 5.57 Å². The lowest BCUT2D eigenvalue weighted by atomic mass is 10.0. The van der Waals surface area contributed by atoms with Gasteiger partial charge in [-0.05, 0) is 26.0 Å². The van der Waals surface area contributed by atoms with Gasteiger partial charge in [0, 0.05) is 11.6 Å². The predicted octanol–water partition coefficient (Wildman–Crippen LogP) is 2.84. The normalized spacial score (nSPS) is 9.87. The van der Waals surface area contributed by atoms with Crippen LogP contribution in [0.2, 0.25) is 0 Å². The molecular formula is C11H10F2O2. The van der Waals surface area contributed by atoms with Gasteiger partial charge in [0.05, 0.1) is 5.57 Å². The van der Waals surface area contributed by atoms with Gasteiger partial charge in [-0.25, -0.2) is 13.6 Å². The van der Waals surface area contributed by atoms with Crippen molar-refractivity contribution >= 4 is 11.5 Å². The van der Waals surface area contributed by atoms with Crippen LogP contribution in [0.25, 0.3) is 5.57 Å². The zero-order chi connectivity index (χ0) is 11.6. The van der Waals surface area contributed by atoms with E-state index in [4.69, 9.17) is 5.11 Å². The Balaban J connectivity index is 3.38. The van der Waals surface area contributed by atoms with E-state index < -0.39 is 17.6 Å². The molecule has 1 N–H and O–H groups in total. The molecule has 0 radical (unpaired) electrons. The van der Waals surface area contributed by atoms with E-state index in [1.165, 1.54) is 0 Å². The van der Waals surface area contributed by atoms with Crippen LogP contribution >= 0.6 is 0 Å². The van der Waals surface area contributed by atoms with E-state index in [2.05, 4.69) is 0 Å². The van der Waals surface area contributed by atoms with Crippen LogP contribution in [0.3, 0.4) is 0 Å². The summed E-state index contributed by atoms with van der Waals surface area (Å²) in [6.07, 6.45) is 0. The molecule has 0 aliphatic rings. The number of rotatable bonds is 2. The van der Waals surface area contributed by atoms with Gasteiger partial charge in [0.15, 0.2) is 0 Å². The molecule has 1 aromatic carbocycles. The molecule has 0 aliphatic carbocycles. The van der Waals surface area contributed by atoms with Crippen molar-refractivity contribution in [3.63, 3.8) is 0 Å². The molecule has 0 atom stereocenters. The van der Waals surface area contributed by atoms with Crippen molar-refractivity contribution < 1.29 is 18.7 Å². The molecule has 1 rings (SSSR count). The molecule has 0 saturated carbocycles. The fraction of sp³-hybridized carbons (Fsp3) is 0.182. The molecule has 0 saturated heterocycles. The number of aliphatic carboxylic acids is 1. The highest BCUT2D eigenvalue weighted by Gasteiger charge is 2.16. The van der Waals surface area contributed by atoms with Crippen molar-refractivity contribution in [2.45, 2.75) is 13.8 Å². The van der Waals surface area contributed by atoms with Gasteiger partial charge in [-0.3, -0.25) is 0 Å². The minimum Gasteiger partial charge on any atom is -0.478 e. The summed E-state index contributed by atoms with van der Waals surface area (Å²) in [5.74, 6) is -2.82. The van der Waals surface area contributed by atoms with Crippen molar-refractivity contribution in [2.24, 2.45) is 0 Å². The second kappa shape index (κ2) is 4.21. The SMILES string of the molecule is CC(C)=C(C(=O)O)c1ccc(F)cc1F. The van der Waals surface area contributed by atoms with Crippen LogP contribution in [0.1, 0.15) is 19.4 Å². The Hall–Kier alpha value is -1.71. The molecule has 1 aromatic rings. The number of carboxylic acid groups (broad SMARTS) is 1. The van der Waals surface area contributed by atoms with Gasteiger partial charge in [-0.15, -0.1) is 0 Å². The molecule has 0 amide bonds. The van der Waals surface area contributed by atoms with E-state index in [-0.39, 0.29) is 11.1 Å². The number of carbonyl (C=O) groups is 1. The highest BCUT2D eigenvalue weighted by molar-refractivity contribution is 6.16. The lowest BCUT2D eigenvalue weighted by molar-refractivity contribution is -0.130. The molecule has 4 heteroatoms. The number of hydrogen-bond donors (Lipinski definition) is 1. The number of benzene rings is 1. The first kappa shape index (κ1) is 11.4. The maximum Gasteiger partial charge on any atom is 0.336 e. The Morgan fingerprint density at radius 3 is 2.27 bits per heavy atom. The fourth-order valence-electron chi connectivity index (χ4n) is 1.29. The number of halogens is 2. The average molecular weight is 212 g/mol. The Kier molecular flexibility index (Phi) is 3.19. The Morgan fingerprint density at radius 2 is 1.87 bits per heavy atom. The molecule has 0 bridgehead atoms. The Bertz CT molecular complexity index is 432. The Morgan fingerprint density at radius 1 is 1.27 bits per heavy atom. The van der Waals surface area contributed by atoms with E-state index in [1.807, 2.05) is 0 Å². The van der Waals surface area contributed by atoms with Crippen molar-refractivity contribution in [1.29, 1.82) is 0 Å². The van der Waals surface area contributed by atoms with E-state index in [0.717, 1.165) is 12.1 Å². The highest BCUT2D eigenvalue weighted by atomic mass is 19.1. The molecule has 0 aromatic heterocycles. The largest absolute Gasteiger partial charge is 0.478 e. The maximum absolute atomic E-state index is 13.3. The summed E-state index contributed by atoms with van der Waals surface area (Å²) in [4.78, 5) is 10.9. The highest BCUT2D eigenvalue weighted by Crippen LogP contribution is 2.22. The van der Waals surface area contributed by atoms with Crippen LogP contribution in [0.15, 0.2) is 23.8 Å². The fourth-order valence-corrected chi connectivity index (χ4v) is 1.29. The summed E-state index contributed by atoms with van der Waals surface area (Å²) in [6, 6.07) is 2.83. The first-order chi connectivity index (χ1) is 6.93. The van der Waals surface area contributed by atoms with Gasteiger partial charge in [0.2, 0.25) is 0 Å². The number of hydrogen-bond acceptors (Lipinski definition) is 1. The smallest absolute Gasteiger partial charge is 0.336 e. The van der Waals surface area contributed by atoms with E-state index in [9.17, 15) is 13.6 Å². The summed E-state index contributed by atoms with van der Waals surface area (Å²) >= 11 is 0. The summed E-state index contributed by atoms with van der Waals surface area (Å²) < 4.78 is 25.9. The second-order valence-corrected chi connectivity index (χ2v) is 3.30. The third-order valence-corrected chi connectivity index (χ3v) is 1.91. The van der Waals surface area contributed by atoms with Gasteiger partial charge >= 0.3 is 5.97 Å². The zero-order valence-electron chi connectivity index (χ0n) is 8.34. The van der Waals surface area contributed by atoms with Gasteiger partial charge in [-0.2, -0.15) is 0 Å². The van der Waals surface area contributed by atoms with E-state index in [0.29, 0.717) is 11.6 Å². The Labute approximate surface area is 85.9 Å². The quantitative estimate of drug-likeness (QED) is 0.765. The topological polar surface area (TPSA) is 37.3 Å². The van der Waals surface area contributed by atoms with Gasteiger partial charge in [0.25, 0.3) is 0 Å². The minimum atomic E-state index is -1.22. The van der Waals surface area contributed by atoms with Crippen molar-refractivity contribution in [1.82, 2.24) is 0 Å². The van der Waals surface area contributed by atoms with Crippen LogP contribution in [0, 0.1) is 11.6 Å². The molecule has 0 unspecified atom stereocenters. The van der Waals surface area contributed by atoms with Crippen LogP contribution in [-0.2, 0) is 4.79 Å². The monoisotopic (exact) mass is 212 g/mol. The lowest BCUT2D eigenvalue weighted by Gasteiger charge is -2.06. The molecular weight excluding hydrogens is 202 g/mol. The van der Waals surface area contributed by atoms with Crippen molar-refractivity contribution in [3.8, 4) is 0 Å². The number of allylic oxidation sites excluding steroid dienone is 1. The number of carboxylic acids is 1. The van der Waals surface area contributed by atoms with Crippen LogP contribution < -0.4 is 0 Å². The second-order valence-electron chi connectivity index (χ2n) is 3.30. The van der Waals surface area contributed by atoms with E-state index >= 15 is 0 Å². The first-order valence-electron chi connectivity index (χ1n) is 4.29. The summed E-state index contributed by atoms with van der Waals surface area (Å²) in [5, 5.41) is 8.87. The molecule has 0 heterocycles. The summed E-state index contributed by atoms with van der Waals surface area (Å²) in [6.45, 7) is 3.12. The zero-order valence-corrected chi connectivity index (χ0v) is 8.34. The maximum atomic E-state index is 13.3. The lowest BCUT2D eigenvalue weighted by Crippen LogP contribution is -2.04. The van der Waals surface area contributed by atoms with E-state index in [1.54, 1.807) is 13.8 Å². The molecule has 15 heavy (non-hydrogen) atoms. The van der Waals surface area contributed by atoms with Crippen LogP contribution in [0.5, 0.6) is 0 Å². The summed E-state index contributed by atoms with van der Waals surface area (Å²) in [7, 11) is 0. The van der Waals surface area contributed by atoms with Crippen molar-refractivity contribution in [3.05, 3.63) is 41.0 Å². The molecule has 0 spiro atoms. The van der Waals surface area contributed by atoms with Gasteiger partial charge in [0.1, 0.15) is 11.6 Å². The molecule has 80 valence electrons. The van der Waals surface area contributed by atoms with Gasteiger partial charge < -0.3 is 5.11 Å². The summed E-state index contributed by atoms with van der Waals surface area (Å²) in [5.41, 5.74) is 0.240. The third kappa shape index (κ3) is 2.40.